The lowest BCUT2D eigenvalue weighted by Gasteiger charge is -2.36. The van der Waals surface area contributed by atoms with Gasteiger partial charge in [0.2, 0.25) is 17.7 Å². The van der Waals surface area contributed by atoms with Crippen molar-refractivity contribution in [3.05, 3.63) is 60.2 Å². The summed E-state index contributed by atoms with van der Waals surface area (Å²) in [6.07, 6.45) is 8.13. The third-order valence-corrected chi connectivity index (χ3v) is 10.4. The first-order chi connectivity index (χ1) is 19.0. The minimum absolute atomic E-state index is 0.0459. The molecule has 3 fully saturated rings. The van der Waals surface area contributed by atoms with Crippen LogP contribution in [0.2, 0.25) is 0 Å². The summed E-state index contributed by atoms with van der Waals surface area (Å²) in [7, 11) is 0. The molecule has 1 spiro atoms. The molecule has 0 bridgehead atoms. The third-order valence-electron chi connectivity index (χ3n) is 8.67. The van der Waals surface area contributed by atoms with Crippen LogP contribution < -0.4 is 0 Å². The Morgan fingerprint density at radius 2 is 1.69 bits per heavy atom. The van der Waals surface area contributed by atoms with Crippen molar-refractivity contribution in [1.29, 1.82) is 0 Å². The van der Waals surface area contributed by atoms with E-state index in [1.807, 2.05) is 58.4 Å². The molecule has 0 radical (unpaired) electrons. The number of likely N-dealkylation sites (tertiary alicyclic amines) is 1. The number of thioether (sulfide) groups is 1. The fraction of sp³-hybridized carbons (Fsp3) is 0.552. The molecule has 1 aromatic rings. The van der Waals surface area contributed by atoms with Crippen molar-refractivity contribution >= 4 is 29.5 Å². The molecule has 1 unspecified atom stereocenters. The Morgan fingerprint density at radius 1 is 0.923 bits per heavy atom. The Hall–Kier alpha value is -2.66. The van der Waals surface area contributed by atoms with Gasteiger partial charge in [-0.05, 0) is 5.56 Å². The van der Waals surface area contributed by atoms with Crippen LogP contribution in [-0.2, 0) is 25.7 Å². The number of hydrogen-bond acceptors (Lipinski definition) is 7. The molecule has 0 aromatic heterocycles. The van der Waals surface area contributed by atoms with Crippen molar-refractivity contribution in [2.45, 2.75) is 22.6 Å². The molecule has 0 aliphatic carbocycles. The second-order valence-electron chi connectivity index (χ2n) is 10.9. The van der Waals surface area contributed by atoms with E-state index in [0.29, 0.717) is 39.4 Å². The number of hydrogen-bond donors (Lipinski definition) is 1. The molecular formula is C29H36N4O5S. The summed E-state index contributed by atoms with van der Waals surface area (Å²) in [5.74, 6) is -1.56. The summed E-state index contributed by atoms with van der Waals surface area (Å²) in [5, 5.41) is 9.69. The Morgan fingerprint density at radius 3 is 2.46 bits per heavy atom. The van der Waals surface area contributed by atoms with Gasteiger partial charge in [0, 0.05) is 57.6 Å². The second-order valence-corrected chi connectivity index (χ2v) is 12.4. The van der Waals surface area contributed by atoms with Gasteiger partial charge in [0.15, 0.2) is 0 Å². The minimum Gasteiger partial charge on any atom is -0.395 e. The molecule has 3 amide bonds. The van der Waals surface area contributed by atoms with Crippen LogP contribution in [0.15, 0.2) is 54.6 Å². The standard InChI is InChI=1S/C29H36N4O5S/c34-17-14-33-25-28(37)31(13-12-30-15-18-38-19-16-30)11-5-9-29(25)24(27(33)36)23-22(39-29)8-4-10-32(26(23)35)20-21-6-2-1-3-7-21/h1-9,22-25,34H,10-20H2/t22-,23+,24-,25?,29-/m0/s1. The Balaban J connectivity index is 1.29. The third kappa shape index (κ3) is 4.71. The highest BCUT2D eigenvalue weighted by atomic mass is 32.2. The second kappa shape index (κ2) is 11.1. The number of ether oxygens (including phenoxy) is 1. The van der Waals surface area contributed by atoms with Gasteiger partial charge in [0.1, 0.15) is 6.04 Å². The number of morpholine rings is 1. The van der Waals surface area contributed by atoms with Crippen LogP contribution in [0.4, 0.5) is 0 Å². The maximum Gasteiger partial charge on any atom is 0.247 e. The van der Waals surface area contributed by atoms with E-state index in [1.165, 1.54) is 0 Å². The van der Waals surface area contributed by atoms with Gasteiger partial charge >= 0.3 is 0 Å². The highest BCUT2D eigenvalue weighted by molar-refractivity contribution is 8.02. The zero-order valence-corrected chi connectivity index (χ0v) is 22.9. The molecule has 5 aliphatic rings. The SMILES string of the molecule is O=C1C2N(CCO)C(=O)[C@@H]3[C@@H]4C(=O)N(Cc5ccccc5)CC=C[C@@H]4S[C@]23C=CCN1CCN1CCOCC1. The van der Waals surface area contributed by atoms with Crippen LogP contribution in [0.3, 0.4) is 0 Å². The van der Waals surface area contributed by atoms with E-state index in [-0.39, 0.29) is 36.1 Å². The molecule has 9 nitrogen and oxygen atoms in total. The zero-order valence-electron chi connectivity index (χ0n) is 22.1. The molecule has 10 heteroatoms. The molecule has 39 heavy (non-hydrogen) atoms. The number of carbonyl (C=O) groups is 3. The number of benzene rings is 1. The maximum absolute atomic E-state index is 14.2. The number of aliphatic hydroxyl groups excluding tert-OH is 1. The number of rotatable bonds is 7. The van der Waals surface area contributed by atoms with E-state index in [2.05, 4.69) is 11.0 Å². The van der Waals surface area contributed by atoms with Gasteiger partial charge in [-0.2, -0.15) is 0 Å². The van der Waals surface area contributed by atoms with Crippen molar-refractivity contribution in [3.63, 3.8) is 0 Å². The lowest BCUT2D eigenvalue weighted by molar-refractivity contribution is -0.144. The molecule has 1 aromatic carbocycles. The van der Waals surface area contributed by atoms with Crippen molar-refractivity contribution in [1.82, 2.24) is 19.6 Å². The number of carbonyl (C=O) groups excluding carboxylic acids is 3. The van der Waals surface area contributed by atoms with Crippen LogP contribution >= 0.6 is 11.8 Å². The summed E-state index contributed by atoms with van der Waals surface area (Å²) in [5.41, 5.74) is 1.04. The van der Waals surface area contributed by atoms with Crippen LogP contribution in [0.1, 0.15) is 5.56 Å². The molecule has 1 N–H and O–H groups in total. The van der Waals surface area contributed by atoms with E-state index in [0.717, 1.165) is 25.2 Å². The van der Waals surface area contributed by atoms with Gasteiger partial charge < -0.3 is 24.5 Å². The van der Waals surface area contributed by atoms with E-state index in [9.17, 15) is 19.5 Å². The lowest BCUT2D eigenvalue weighted by Crippen LogP contribution is -2.54. The Bertz CT molecular complexity index is 1160. The van der Waals surface area contributed by atoms with Gasteiger partial charge in [-0.1, -0.05) is 54.6 Å². The minimum atomic E-state index is -0.845. The normalized spacial score (nSPS) is 32.7. The fourth-order valence-electron chi connectivity index (χ4n) is 6.82. The number of nitrogens with zero attached hydrogens (tertiary/aromatic N) is 4. The van der Waals surface area contributed by atoms with Crippen LogP contribution in [0.5, 0.6) is 0 Å². The van der Waals surface area contributed by atoms with E-state index < -0.39 is 22.6 Å². The molecule has 3 saturated heterocycles. The number of amides is 3. The fourth-order valence-corrected chi connectivity index (χ4v) is 8.82. The molecule has 208 valence electrons. The van der Waals surface area contributed by atoms with Crippen molar-refractivity contribution in [3.8, 4) is 0 Å². The van der Waals surface area contributed by atoms with Gasteiger partial charge in [-0.15, -0.1) is 11.8 Å². The number of β-amino-alcohol motifs (C(OH)–C–C–N with tert-alkyl or cyclic N) is 1. The highest BCUT2D eigenvalue weighted by Gasteiger charge is 2.70. The van der Waals surface area contributed by atoms with Crippen molar-refractivity contribution in [2.24, 2.45) is 11.8 Å². The quantitative estimate of drug-likeness (QED) is 0.496. The van der Waals surface area contributed by atoms with Crippen molar-refractivity contribution in [2.75, 3.05) is 65.6 Å². The van der Waals surface area contributed by atoms with E-state index in [4.69, 9.17) is 4.74 Å². The Labute approximate surface area is 233 Å². The maximum atomic E-state index is 14.2. The first-order valence-electron chi connectivity index (χ1n) is 13.9. The molecule has 5 aliphatic heterocycles. The predicted molar refractivity (Wildman–Crippen MR) is 148 cm³/mol. The van der Waals surface area contributed by atoms with Gasteiger partial charge in [-0.3, -0.25) is 19.3 Å². The van der Waals surface area contributed by atoms with E-state index in [1.54, 1.807) is 16.7 Å². The summed E-state index contributed by atoms with van der Waals surface area (Å²) in [6.45, 7) is 5.65. The van der Waals surface area contributed by atoms with Gasteiger partial charge in [-0.25, -0.2) is 0 Å². The highest BCUT2D eigenvalue weighted by Crippen LogP contribution is 2.61. The lowest BCUT2D eigenvalue weighted by atomic mass is 9.78. The molecular weight excluding hydrogens is 516 g/mol. The van der Waals surface area contributed by atoms with Gasteiger partial charge in [0.05, 0.1) is 36.4 Å². The summed E-state index contributed by atoms with van der Waals surface area (Å²) >= 11 is 1.58. The molecule has 5 atom stereocenters. The first kappa shape index (κ1) is 26.6. The molecule has 6 rings (SSSR count). The molecule has 0 saturated carbocycles. The largest absolute Gasteiger partial charge is 0.395 e. The van der Waals surface area contributed by atoms with Crippen molar-refractivity contribution < 1.29 is 24.2 Å². The molecule has 5 heterocycles. The monoisotopic (exact) mass is 552 g/mol. The van der Waals surface area contributed by atoms with Gasteiger partial charge in [0.25, 0.3) is 0 Å². The summed E-state index contributed by atoms with van der Waals surface area (Å²) < 4.78 is 4.61. The smallest absolute Gasteiger partial charge is 0.247 e. The van der Waals surface area contributed by atoms with E-state index >= 15 is 0 Å². The van der Waals surface area contributed by atoms with Crippen LogP contribution in [-0.4, -0.2) is 124 Å². The first-order valence-corrected chi connectivity index (χ1v) is 14.8. The van der Waals surface area contributed by atoms with Crippen LogP contribution in [0, 0.1) is 11.8 Å². The summed E-state index contributed by atoms with van der Waals surface area (Å²) in [6, 6.07) is 9.13. The number of fused-ring (bicyclic) bond motifs is 2. The topological polar surface area (TPSA) is 93.6 Å². The summed E-state index contributed by atoms with van der Waals surface area (Å²) in [4.78, 5) is 49.8. The van der Waals surface area contributed by atoms with Crippen LogP contribution in [0.25, 0.3) is 0 Å². The Kier molecular flexibility index (Phi) is 7.54. The average Bonchev–Trinajstić information content (AvgIpc) is 3.27. The number of aliphatic hydroxyl groups is 1. The zero-order chi connectivity index (χ0) is 27.0. The average molecular weight is 553 g/mol. The predicted octanol–water partition coefficient (Wildman–Crippen LogP) is 0.605.